The predicted molar refractivity (Wildman–Crippen MR) is 111 cm³/mol. The maximum absolute atomic E-state index is 12.8. The van der Waals surface area contributed by atoms with Crippen LogP contribution in [0.25, 0.3) is 5.69 Å². The number of hydrogen-bond acceptors (Lipinski definition) is 7. The summed E-state index contributed by atoms with van der Waals surface area (Å²) in [6, 6.07) is 12.2. The summed E-state index contributed by atoms with van der Waals surface area (Å²) in [5, 5.41) is 9.04. The Kier molecular flexibility index (Phi) is 6.46. The Morgan fingerprint density at radius 3 is 2.45 bits per heavy atom. The minimum Gasteiger partial charge on any atom is -0.493 e. The molecule has 0 amide bonds. The summed E-state index contributed by atoms with van der Waals surface area (Å²) in [5.41, 5.74) is 1.94. The summed E-state index contributed by atoms with van der Waals surface area (Å²) >= 11 is 1.44. The van der Waals surface area contributed by atoms with E-state index in [-0.39, 0.29) is 11.4 Å². The monoisotopic (exact) mass is 434 g/mol. The van der Waals surface area contributed by atoms with Crippen LogP contribution in [0, 0.1) is 6.92 Å². The first-order valence-electron chi connectivity index (χ1n) is 8.67. The number of sulfonamides is 1. The molecule has 29 heavy (non-hydrogen) atoms. The van der Waals surface area contributed by atoms with Gasteiger partial charge in [0.25, 0.3) is 0 Å². The Bertz CT molecular complexity index is 1110. The van der Waals surface area contributed by atoms with Crippen LogP contribution in [0.2, 0.25) is 0 Å². The highest BCUT2D eigenvalue weighted by Crippen LogP contribution is 2.29. The first kappa shape index (κ1) is 21.2. The van der Waals surface area contributed by atoms with Crippen LogP contribution in [-0.2, 0) is 16.6 Å². The summed E-state index contributed by atoms with van der Waals surface area (Å²) in [4.78, 5) is 0.0715. The minimum absolute atomic E-state index is 0.0153. The van der Waals surface area contributed by atoms with Gasteiger partial charge in [-0.3, -0.25) is 4.57 Å². The molecule has 2 aromatic carbocycles. The first-order valence-corrected chi connectivity index (χ1v) is 11.4. The number of nitrogens with zero attached hydrogens (tertiary/aromatic N) is 3. The van der Waals surface area contributed by atoms with Crippen molar-refractivity contribution in [2.75, 3.05) is 20.5 Å². The van der Waals surface area contributed by atoms with Crippen molar-refractivity contribution >= 4 is 21.8 Å². The van der Waals surface area contributed by atoms with Gasteiger partial charge in [0.1, 0.15) is 0 Å². The normalized spacial score (nSPS) is 11.4. The van der Waals surface area contributed by atoms with E-state index in [9.17, 15) is 8.42 Å². The van der Waals surface area contributed by atoms with Crippen LogP contribution >= 0.6 is 11.8 Å². The Balaban J connectivity index is 1.90. The molecule has 1 aromatic heterocycles. The molecule has 10 heteroatoms. The lowest BCUT2D eigenvalue weighted by Gasteiger charge is -2.13. The van der Waals surface area contributed by atoms with Crippen molar-refractivity contribution in [1.29, 1.82) is 0 Å². The molecule has 3 rings (SSSR count). The zero-order valence-electron chi connectivity index (χ0n) is 16.5. The van der Waals surface area contributed by atoms with Crippen LogP contribution in [0.3, 0.4) is 0 Å². The van der Waals surface area contributed by atoms with E-state index in [1.54, 1.807) is 6.07 Å². The number of ether oxygens (including phenoxy) is 2. The molecule has 0 aliphatic rings. The van der Waals surface area contributed by atoms with Gasteiger partial charge in [-0.25, -0.2) is 13.1 Å². The van der Waals surface area contributed by atoms with Crippen LogP contribution < -0.4 is 14.2 Å². The van der Waals surface area contributed by atoms with Crippen LogP contribution in [0.15, 0.2) is 52.5 Å². The number of thioether (sulfide) groups is 1. The fourth-order valence-electron chi connectivity index (χ4n) is 2.83. The molecule has 0 bridgehead atoms. The highest BCUT2D eigenvalue weighted by Gasteiger charge is 2.20. The fraction of sp³-hybridized carbons (Fsp3) is 0.263. The van der Waals surface area contributed by atoms with Gasteiger partial charge < -0.3 is 9.47 Å². The summed E-state index contributed by atoms with van der Waals surface area (Å²) in [6.07, 6.45) is 1.90. The quantitative estimate of drug-likeness (QED) is 0.545. The third-order valence-corrected chi connectivity index (χ3v) is 6.35. The Hall–Kier alpha value is -2.56. The van der Waals surface area contributed by atoms with Crippen molar-refractivity contribution in [1.82, 2.24) is 19.5 Å². The lowest BCUT2D eigenvalue weighted by Crippen LogP contribution is -2.25. The van der Waals surface area contributed by atoms with Gasteiger partial charge in [0, 0.05) is 6.07 Å². The highest BCUT2D eigenvalue weighted by molar-refractivity contribution is 7.98. The zero-order chi connectivity index (χ0) is 21.0. The predicted octanol–water partition coefficient (Wildman–Crippen LogP) is 2.79. The lowest BCUT2D eigenvalue weighted by atomic mass is 10.2. The molecule has 0 aliphatic heterocycles. The largest absolute Gasteiger partial charge is 0.493 e. The molecule has 1 heterocycles. The number of nitrogens with one attached hydrogen (secondary N) is 1. The van der Waals surface area contributed by atoms with E-state index in [0.29, 0.717) is 22.5 Å². The van der Waals surface area contributed by atoms with E-state index >= 15 is 0 Å². The average molecular weight is 435 g/mol. The molecule has 0 saturated heterocycles. The van der Waals surface area contributed by atoms with Gasteiger partial charge in [0.05, 0.1) is 31.3 Å². The standard InChI is InChI=1S/C19H22N4O4S2/c1-13-7-5-6-8-15(13)23-18(21-22-19(23)28-4)12-20-29(24,25)14-9-10-16(26-2)17(11-14)27-3/h5-11,20H,12H2,1-4H3. The molecule has 0 radical (unpaired) electrons. The van der Waals surface area contributed by atoms with Crippen molar-refractivity contribution in [3.63, 3.8) is 0 Å². The summed E-state index contributed by atoms with van der Waals surface area (Å²) in [6.45, 7) is 1.97. The van der Waals surface area contributed by atoms with Crippen molar-refractivity contribution in [2.45, 2.75) is 23.5 Å². The molecule has 0 atom stereocenters. The van der Waals surface area contributed by atoms with Gasteiger partial charge in [-0.05, 0) is 36.9 Å². The number of para-hydroxylation sites is 1. The minimum atomic E-state index is -3.80. The van der Waals surface area contributed by atoms with E-state index in [0.717, 1.165) is 11.3 Å². The van der Waals surface area contributed by atoms with Crippen molar-refractivity contribution < 1.29 is 17.9 Å². The Morgan fingerprint density at radius 2 is 1.79 bits per heavy atom. The average Bonchev–Trinajstić information content (AvgIpc) is 3.15. The number of methoxy groups -OCH3 is 2. The van der Waals surface area contributed by atoms with E-state index in [1.165, 1.54) is 38.1 Å². The fourth-order valence-corrected chi connectivity index (χ4v) is 4.33. The molecule has 0 saturated carbocycles. The smallest absolute Gasteiger partial charge is 0.241 e. The van der Waals surface area contributed by atoms with Gasteiger partial charge in [-0.1, -0.05) is 30.0 Å². The molecule has 3 aromatic rings. The SMILES string of the molecule is COc1ccc(S(=O)(=O)NCc2nnc(SC)n2-c2ccccc2C)cc1OC. The number of rotatable bonds is 8. The van der Waals surface area contributed by atoms with E-state index in [2.05, 4.69) is 14.9 Å². The third kappa shape index (κ3) is 4.39. The van der Waals surface area contributed by atoms with Crippen molar-refractivity contribution in [3.8, 4) is 17.2 Å². The number of aromatic nitrogens is 3. The number of aryl methyl sites for hydroxylation is 1. The second kappa shape index (κ2) is 8.85. The van der Waals surface area contributed by atoms with E-state index in [1.807, 2.05) is 42.0 Å². The Labute approximate surface area is 174 Å². The molecule has 1 N–H and O–H groups in total. The second-order valence-electron chi connectivity index (χ2n) is 6.07. The van der Waals surface area contributed by atoms with Gasteiger partial charge in [-0.2, -0.15) is 0 Å². The molecule has 0 fully saturated rings. The van der Waals surface area contributed by atoms with E-state index in [4.69, 9.17) is 9.47 Å². The van der Waals surface area contributed by atoms with Crippen LogP contribution in [0.1, 0.15) is 11.4 Å². The molecule has 0 unspecified atom stereocenters. The molecule has 0 aliphatic carbocycles. The van der Waals surface area contributed by atoms with Crippen LogP contribution in [0.5, 0.6) is 11.5 Å². The van der Waals surface area contributed by atoms with Gasteiger partial charge in [0.2, 0.25) is 10.0 Å². The first-order chi connectivity index (χ1) is 13.9. The van der Waals surface area contributed by atoms with Gasteiger partial charge in [-0.15, -0.1) is 10.2 Å². The van der Waals surface area contributed by atoms with E-state index < -0.39 is 10.0 Å². The van der Waals surface area contributed by atoms with Gasteiger partial charge in [0.15, 0.2) is 22.5 Å². The van der Waals surface area contributed by atoms with Crippen LogP contribution in [-0.4, -0.2) is 43.7 Å². The molecule has 0 spiro atoms. The molecule has 8 nitrogen and oxygen atoms in total. The maximum Gasteiger partial charge on any atom is 0.241 e. The highest BCUT2D eigenvalue weighted by atomic mass is 32.2. The summed E-state index contributed by atoms with van der Waals surface area (Å²) in [7, 11) is -0.849. The molecular formula is C19H22N4O4S2. The third-order valence-electron chi connectivity index (χ3n) is 4.32. The van der Waals surface area contributed by atoms with Gasteiger partial charge >= 0.3 is 0 Å². The van der Waals surface area contributed by atoms with Crippen molar-refractivity contribution in [2.24, 2.45) is 0 Å². The maximum atomic E-state index is 12.8. The van der Waals surface area contributed by atoms with Crippen molar-refractivity contribution in [3.05, 3.63) is 53.9 Å². The molecular weight excluding hydrogens is 412 g/mol. The zero-order valence-corrected chi connectivity index (χ0v) is 18.2. The molecule has 154 valence electrons. The summed E-state index contributed by atoms with van der Waals surface area (Å²) < 4.78 is 40.4. The number of benzene rings is 2. The van der Waals surface area contributed by atoms with Crippen LogP contribution in [0.4, 0.5) is 0 Å². The number of hydrogen-bond donors (Lipinski definition) is 1. The topological polar surface area (TPSA) is 95.3 Å². The second-order valence-corrected chi connectivity index (χ2v) is 8.61. The Morgan fingerprint density at radius 1 is 1.07 bits per heavy atom. The summed E-state index contributed by atoms with van der Waals surface area (Å²) in [5.74, 6) is 1.28. The lowest BCUT2D eigenvalue weighted by molar-refractivity contribution is 0.354.